The van der Waals surface area contributed by atoms with Crippen molar-refractivity contribution < 1.29 is 19.1 Å². The SMILES string of the molecule is CCc1cccc(OCCN(C)C(=O)[C@H]2CCCN(C(=O)COC)C2)c1. The normalized spacial score (nSPS) is 17.0. The van der Waals surface area contributed by atoms with Crippen LogP contribution in [0.15, 0.2) is 24.3 Å². The Bertz CT molecular complexity index is 605. The second-order valence-electron chi connectivity index (χ2n) is 6.72. The number of hydrogen-bond acceptors (Lipinski definition) is 4. The van der Waals surface area contributed by atoms with Crippen molar-refractivity contribution in [2.45, 2.75) is 26.2 Å². The number of amides is 2. The molecule has 6 heteroatoms. The molecule has 0 spiro atoms. The molecule has 6 nitrogen and oxygen atoms in total. The van der Waals surface area contributed by atoms with E-state index in [4.69, 9.17) is 9.47 Å². The maximum Gasteiger partial charge on any atom is 0.248 e. The van der Waals surface area contributed by atoms with Crippen LogP contribution in [0.3, 0.4) is 0 Å². The number of ether oxygens (including phenoxy) is 2. The fraction of sp³-hybridized carbons (Fsp3) is 0.600. The molecule has 1 aliphatic rings. The summed E-state index contributed by atoms with van der Waals surface area (Å²) in [6, 6.07) is 8.02. The van der Waals surface area contributed by atoms with E-state index < -0.39 is 0 Å². The number of carbonyl (C=O) groups is 2. The second kappa shape index (κ2) is 10.2. The zero-order valence-electron chi connectivity index (χ0n) is 16.1. The highest BCUT2D eigenvalue weighted by Crippen LogP contribution is 2.19. The van der Waals surface area contributed by atoms with Gasteiger partial charge < -0.3 is 19.3 Å². The molecule has 1 heterocycles. The highest BCUT2D eigenvalue weighted by atomic mass is 16.5. The maximum absolute atomic E-state index is 12.7. The van der Waals surface area contributed by atoms with Crippen LogP contribution in [0.4, 0.5) is 0 Å². The number of methoxy groups -OCH3 is 1. The lowest BCUT2D eigenvalue weighted by molar-refractivity contribution is -0.142. The van der Waals surface area contributed by atoms with E-state index in [1.54, 1.807) is 16.8 Å². The molecule has 144 valence electrons. The number of likely N-dealkylation sites (tertiary alicyclic amines) is 1. The van der Waals surface area contributed by atoms with Crippen molar-refractivity contribution in [3.8, 4) is 5.75 Å². The Labute approximate surface area is 156 Å². The van der Waals surface area contributed by atoms with E-state index in [1.165, 1.54) is 12.7 Å². The lowest BCUT2D eigenvalue weighted by atomic mass is 9.96. The summed E-state index contributed by atoms with van der Waals surface area (Å²) in [5.41, 5.74) is 1.23. The van der Waals surface area contributed by atoms with E-state index in [9.17, 15) is 9.59 Å². The summed E-state index contributed by atoms with van der Waals surface area (Å²) in [6.07, 6.45) is 2.63. The minimum absolute atomic E-state index is 0.0493. The third-order valence-corrected chi connectivity index (χ3v) is 4.77. The first kappa shape index (κ1) is 20.2. The first-order chi connectivity index (χ1) is 12.5. The van der Waals surface area contributed by atoms with Crippen molar-refractivity contribution >= 4 is 11.8 Å². The van der Waals surface area contributed by atoms with Gasteiger partial charge in [-0.3, -0.25) is 9.59 Å². The van der Waals surface area contributed by atoms with Gasteiger partial charge >= 0.3 is 0 Å². The number of benzene rings is 1. The second-order valence-corrected chi connectivity index (χ2v) is 6.72. The standard InChI is InChI=1S/C20H30N2O4/c1-4-16-7-5-9-18(13-16)26-12-11-21(2)20(24)17-8-6-10-22(14-17)19(23)15-25-3/h5,7,9,13,17H,4,6,8,10-12,14-15H2,1-3H3/t17-/m0/s1. The molecule has 0 unspecified atom stereocenters. The Balaban J connectivity index is 1.80. The zero-order valence-corrected chi connectivity index (χ0v) is 16.1. The molecule has 1 aliphatic heterocycles. The number of hydrogen-bond donors (Lipinski definition) is 0. The number of carbonyl (C=O) groups excluding carboxylic acids is 2. The zero-order chi connectivity index (χ0) is 18.9. The Morgan fingerprint density at radius 1 is 1.35 bits per heavy atom. The van der Waals surface area contributed by atoms with E-state index in [0.29, 0.717) is 26.2 Å². The molecule has 0 bridgehead atoms. The molecule has 1 fully saturated rings. The number of likely N-dealkylation sites (N-methyl/N-ethyl adjacent to an activating group) is 1. The molecule has 1 aromatic rings. The van der Waals surface area contributed by atoms with Gasteiger partial charge in [0, 0.05) is 27.2 Å². The van der Waals surface area contributed by atoms with Gasteiger partial charge in [0.05, 0.1) is 12.5 Å². The first-order valence-electron chi connectivity index (χ1n) is 9.28. The quantitative estimate of drug-likeness (QED) is 0.709. The van der Waals surface area contributed by atoms with E-state index in [0.717, 1.165) is 25.0 Å². The minimum Gasteiger partial charge on any atom is -0.492 e. The van der Waals surface area contributed by atoms with Crippen LogP contribution in [0.25, 0.3) is 0 Å². The molecule has 0 saturated carbocycles. The van der Waals surface area contributed by atoms with Crippen LogP contribution in [-0.4, -0.2) is 68.6 Å². The highest BCUT2D eigenvalue weighted by Gasteiger charge is 2.29. The molecule has 2 rings (SSSR count). The monoisotopic (exact) mass is 362 g/mol. The summed E-state index contributed by atoms with van der Waals surface area (Å²) >= 11 is 0. The predicted octanol–water partition coefficient (Wildman–Crippen LogP) is 1.97. The van der Waals surface area contributed by atoms with Gasteiger partial charge in [0.2, 0.25) is 11.8 Å². The van der Waals surface area contributed by atoms with Gasteiger partial charge in [-0.25, -0.2) is 0 Å². The highest BCUT2D eigenvalue weighted by molar-refractivity contribution is 5.81. The number of aryl methyl sites for hydroxylation is 1. The van der Waals surface area contributed by atoms with E-state index in [2.05, 4.69) is 13.0 Å². The van der Waals surface area contributed by atoms with Crippen molar-refractivity contribution in [2.75, 3.05) is 47.0 Å². The molecule has 1 atom stereocenters. The average molecular weight is 362 g/mol. The third kappa shape index (κ3) is 5.73. The summed E-state index contributed by atoms with van der Waals surface area (Å²) in [5.74, 6) is 0.717. The molecule has 0 N–H and O–H groups in total. The van der Waals surface area contributed by atoms with Crippen molar-refractivity contribution in [3.63, 3.8) is 0 Å². The van der Waals surface area contributed by atoms with Crippen molar-refractivity contribution in [1.29, 1.82) is 0 Å². The van der Waals surface area contributed by atoms with Gasteiger partial charge in [0.15, 0.2) is 0 Å². The van der Waals surface area contributed by atoms with Crippen molar-refractivity contribution in [3.05, 3.63) is 29.8 Å². The van der Waals surface area contributed by atoms with Gasteiger partial charge in [-0.15, -0.1) is 0 Å². The molecule has 0 radical (unpaired) electrons. The topological polar surface area (TPSA) is 59.1 Å². The van der Waals surface area contributed by atoms with Crippen LogP contribution >= 0.6 is 0 Å². The van der Waals surface area contributed by atoms with Gasteiger partial charge in [-0.05, 0) is 37.0 Å². The van der Waals surface area contributed by atoms with Crippen molar-refractivity contribution in [1.82, 2.24) is 9.80 Å². The van der Waals surface area contributed by atoms with Crippen LogP contribution in [-0.2, 0) is 20.7 Å². The smallest absolute Gasteiger partial charge is 0.248 e. The Morgan fingerprint density at radius 2 is 2.15 bits per heavy atom. The number of piperidine rings is 1. The Hall–Kier alpha value is -2.08. The van der Waals surface area contributed by atoms with Crippen LogP contribution < -0.4 is 4.74 Å². The number of rotatable bonds is 8. The number of nitrogens with zero attached hydrogens (tertiary/aromatic N) is 2. The van der Waals surface area contributed by atoms with E-state index >= 15 is 0 Å². The molecule has 0 aromatic heterocycles. The predicted molar refractivity (Wildman–Crippen MR) is 100 cm³/mol. The largest absolute Gasteiger partial charge is 0.492 e. The van der Waals surface area contributed by atoms with Crippen LogP contribution in [0, 0.1) is 5.92 Å². The van der Waals surface area contributed by atoms with Crippen LogP contribution in [0.5, 0.6) is 5.75 Å². The summed E-state index contributed by atoms with van der Waals surface area (Å²) in [5, 5.41) is 0. The summed E-state index contributed by atoms with van der Waals surface area (Å²) < 4.78 is 10.7. The maximum atomic E-state index is 12.7. The van der Waals surface area contributed by atoms with Crippen LogP contribution in [0.1, 0.15) is 25.3 Å². The van der Waals surface area contributed by atoms with Gasteiger partial charge in [-0.1, -0.05) is 19.1 Å². The first-order valence-corrected chi connectivity index (χ1v) is 9.28. The lowest BCUT2D eigenvalue weighted by Crippen LogP contribution is -2.47. The Morgan fingerprint density at radius 3 is 2.88 bits per heavy atom. The molecular weight excluding hydrogens is 332 g/mol. The summed E-state index contributed by atoms with van der Waals surface area (Å²) in [4.78, 5) is 28.1. The molecular formula is C20H30N2O4. The lowest BCUT2D eigenvalue weighted by Gasteiger charge is -2.33. The molecule has 0 aliphatic carbocycles. The van der Waals surface area contributed by atoms with Gasteiger partial charge in [0.1, 0.15) is 19.0 Å². The fourth-order valence-electron chi connectivity index (χ4n) is 3.20. The third-order valence-electron chi connectivity index (χ3n) is 4.77. The molecule has 26 heavy (non-hydrogen) atoms. The minimum atomic E-state index is -0.141. The fourth-order valence-corrected chi connectivity index (χ4v) is 3.20. The molecule has 2 amide bonds. The Kier molecular flexibility index (Phi) is 7.91. The van der Waals surface area contributed by atoms with Gasteiger partial charge in [-0.2, -0.15) is 0 Å². The van der Waals surface area contributed by atoms with Crippen LogP contribution in [0.2, 0.25) is 0 Å². The molecule has 1 saturated heterocycles. The van der Waals surface area contributed by atoms with Gasteiger partial charge in [0.25, 0.3) is 0 Å². The average Bonchev–Trinajstić information content (AvgIpc) is 2.67. The summed E-state index contributed by atoms with van der Waals surface area (Å²) in [6.45, 7) is 4.33. The van der Waals surface area contributed by atoms with E-state index in [-0.39, 0.29) is 24.3 Å². The van der Waals surface area contributed by atoms with Crippen molar-refractivity contribution in [2.24, 2.45) is 5.92 Å². The van der Waals surface area contributed by atoms with E-state index in [1.807, 2.05) is 18.2 Å². The summed E-state index contributed by atoms with van der Waals surface area (Å²) in [7, 11) is 3.30. The molecule has 1 aromatic carbocycles.